The summed E-state index contributed by atoms with van der Waals surface area (Å²) >= 11 is 1.18. The van der Waals surface area contributed by atoms with Gasteiger partial charge in [-0.15, -0.1) is 5.10 Å². The van der Waals surface area contributed by atoms with Crippen molar-refractivity contribution in [3.05, 3.63) is 46.0 Å². The average Bonchev–Trinajstić information content (AvgIpc) is 2.90. The van der Waals surface area contributed by atoms with Crippen LogP contribution in [0.4, 0.5) is 0 Å². The first kappa shape index (κ1) is 15.6. The molecule has 1 aromatic carbocycles. The molecule has 0 saturated heterocycles. The Bertz CT molecular complexity index is 608. The maximum Gasteiger partial charge on any atom is 0.273 e. The van der Waals surface area contributed by atoms with E-state index in [0.717, 1.165) is 10.4 Å². The predicted octanol–water partition coefficient (Wildman–Crippen LogP) is 2.43. The standard InChI is InChI=1S/C15H19N3O2S/c1-9(2)11-4-6-12(7-5-11)13(19)8-16-15(20)14-10(3)21-18-17-14/h4-7,9,13,19H,8H2,1-3H3,(H,16,20). The molecule has 1 amide bonds. The van der Waals surface area contributed by atoms with E-state index in [0.29, 0.717) is 11.6 Å². The Hall–Kier alpha value is -1.79. The van der Waals surface area contributed by atoms with Crippen molar-refractivity contribution in [1.82, 2.24) is 14.9 Å². The van der Waals surface area contributed by atoms with E-state index in [2.05, 4.69) is 28.8 Å². The van der Waals surface area contributed by atoms with Crippen LogP contribution in [-0.2, 0) is 0 Å². The van der Waals surface area contributed by atoms with Gasteiger partial charge in [0.25, 0.3) is 5.91 Å². The molecule has 0 bridgehead atoms. The van der Waals surface area contributed by atoms with Gasteiger partial charge in [-0.3, -0.25) is 4.79 Å². The van der Waals surface area contributed by atoms with Crippen molar-refractivity contribution in [2.24, 2.45) is 0 Å². The molecular weight excluding hydrogens is 286 g/mol. The molecule has 6 heteroatoms. The van der Waals surface area contributed by atoms with Gasteiger partial charge in [-0.2, -0.15) is 0 Å². The summed E-state index contributed by atoms with van der Waals surface area (Å²) < 4.78 is 3.72. The molecule has 2 N–H and O–H groups in total. The van der Waals surface area contributed by atoms with Crippen molar-refractivity contribution in [1.29, 1.82) is 0 Å². The minimum absolute atomic E-state index is 0.150. The largest absolute Gasteiger partial charge is 0.387 e. The minimum atomic E-state index is -0.734. The highest BCUT2D eigenvalue weighted by Crippen LogP contribution is 2.18. The number of nitrogens with zero attached hydrogens (tertiary/aromatic N) is 2. The summed E-state index contributed by atoms with van der Waals surface area (Å²) in [6, 6.07) is 7.78. The van der Waals surface area contributed by atoms with Gasteiger partial charge in [0.2, 0.25) is 0 Å². The van der Waals surface area contributed by atoms with Crippen LogP contribution in [0, 0.1) is 6.92 Å². The van der Waals surface area contributed by atoms with Gasteiger partial charge in [-0.05, 0) is 35.5 Å². The number of rotatable bonds is 5. The second-order valence-corrected chi connectivity index (χ2v) is 6.18. The van der Waals surface area contributed by atoms with Gasteiger partial charge in [0.15, 0.2) is 5.69 Å². The summed E-state index contributed by atoms with van der Waals surface area (Å²) in [5.74, 6) is 0.148. The molecule has 0 saturated carbocycles. The molecule has 1 heterocycles. The number of aromatic nitrogens is 2. The third-order valence-electron chi connectivity index (χ3n) is 3.31. The van der Waals surface area contributed by atoms with Crippen LogP contribution in [-0.4, -0.2) is 27.1 Å². The quantitative estimate of drug-likeness (QED) is 0.889. The number of nitrogens with one attached hydrogen (secondary N) is 1. The monoisotopic (exact) mass is 305 g/mol. The first-order chi connectivity index (χ1) is 9.99. The summed E-state index contributed by atoms with van der Waals surface area (Å²) in [5.41, 5.74) is 2.33. The summed E-state index contributed by atoms with van der Waals surface area (Å²) in [5, 5.41) is 16.6. The molecular formula is C15H19N3O2S. The predicted molar refractivity (Wildman–Crippen MR) is 82.5 cm³/mol. The van der Waals surface area contributed by atoms with Gasteiger partial charge in [-0.25, -0.2) is 0 Å². The van der Waals surface area contributed by atoms with Gasteiger partial charge >= 0.3 is 0 Å². The number of aliphatic hydroxyl groups excluding tert-OH is 1. The zero-order valence-corrected chi connectivity index (χ0v) is 13.1. The fourth-order valence-electron chi connectivity index (χ4n) is 1.94. The summed E-state index contributed by atoms with van der Waals surface area (Å²) in [6.07, 6.45) is -0.734. The second-order valence-electron chi connectivity index (χ2n) is 5.22. The molecule has 0 aliphatic heterocycles. The van der Waals surface area contributed by atoms with Gasteiger partial charge in [0.05, 0.1) is 11.0 Å². The van der Waals surface area contributed by atoms with E-state index >= 15 is 0 Å². The molecule has 2 rings (SSSR count). The molecule has 21 heavy (non-hydrogen) atoms. The summed E-state index contributed by atoms with van der Waals surface area (Å²) in [7, 11) is 0. The molecule has 5 nitrogen and oxygen atoms in total. The number of aryl methyl sites for hydroxylation is 1. The molecule has 0 radical (unpaired) electrons. The fraction of sp³-hybridized carbons (Fsp3) is 0.400. The number of carbonyl (C=O) groups excluding carboxylic acids is 1. The molecule has 0 spiro atoms. The van der Waals surface area contributed by atoms with Crippen LogP contribution in [0.3, 0.4) is 0 Å². The lowest BCUT2D eigenvalue weighted by atomic mass is 10.00. The van der Waals surface area contributed by atoms with Crippen molar-refractivity contribution in [2.45, 2.75) is 32.8 Å². The zero-order valence-electron chi connectivity index (χ0n) is 12.3. The number of carbonyl (C=O) groups is 1. The molecule has 2 aromatic rings. The van der Waals surface area contributed by atoms with Gasteiger partial charge in [0.1, 0.15) is 0 Å². The molecule has 112 valence electrons. The van der Waals surface area contributed by atoms with Crippen LogP contribution >= 0.6 is 11.5 Å². The number of aliphatic hydroxyl groups is 1. The Kier molecular flexibility index (Phi) is 5.03. The first-order valence-corrected chi connectivity index (χ1v) is 7.61. The maximum atomic E-state index is 11.9. The number of hydrogen-bond acceptors (Lipinski definition) is 5. The maximum absolute atomic E-state index is 11.9. The van der Waals surface area contributed by atoms with Crippen LogP contribution in [0.1, 0.15) is 52.4 Å². The van der Waals surface area contributed by atoms with Crippen LogP contribution in [0.25, 0.3) is 0 Å². The van der Waals surface area contributed by atoms with Crippen LogP contribution in [0.15, 0.2) is 24.3 Å². The van der Waals surface area contributed by atoms with Crippen LogP contribution < -0.4 is 5.32 Å². The third kappa shape index (κ3) is 3.86. The van der Waals surface area contributed by atoms with E-state index in [1.54, 1.807) is 6.92 Å². The van der Waals surface area contributed by atoms with Crippen molar-refractivity contribution in [2.75, 3.05) is 6.54 Å². The lowest BCUT2D eigenvalue weighted by Crippen LogP contribution is -2.29. The number of benzene rings is 1. The second kappa shape index (κ2) is 6.78. The normalized spacial score (nSPS) is 12.4. The topological polar surface area (TPSA) is 75.1 Å². The molecule has 1 unspecified atom stereocenters. The first-order valence-electron chi connectivity index (χ1n) is 6.84. The number of hydrogen-bond donors (Lipinski definition) is 2. The Morgan fingerprint density at radius 3 is 2.43 bits per heavy atom. The highest BCUT2D eigenvalue weighted by atomic mass is 32.1. The van der Waals surface area contributed by atoms with E-state index < -0.39 is 6.10 Å². The fourth-order valence-corrected chi connectivity index (χ4v) is 2.40. The van der Waals surface area contributed by atoms with E-state index in [-0.39, 0.29) is 12.5 Å². The molecule has 0 aliphatic rings. The Morgan fingerprint density at radius 2 is 1.90 bits per heavy atom. The van der Waals surface area contributed by atoms with E-state index in [4.69, 9.17) is 0 Å². The van der Waals surface area contributed by atoms with E-state index in [1.807, 2.05) is 24.3 Å². The van der Waals surface area contributed by atoms with Crippen LogP contribution in [0.5, 0.6) is 0 Å². The Labute approximate surface area is 128 Å². The smallest absolute Gasteiger partial charge is 0.273 e. The third-order valence-corrected chi connectivity index (χ3v) is 3.94. The van der Waals surface area contributed by atoms with Crippen LogP contribution in [0.2, 0.25) is 0 Å². The minimum Gasteiger partial charge on any atom is -0.387 e. The average molecular weight is 305 g/mol. The molecule has 0 aliphatic carbocycles. The van der Waals surface area contributed by atoms with Gasteiger partial charge < -0.3 is 10.4 Å². The molecule has 1 aromatic heterocycles. The molecule has 0 fully saturated rings. The van der Waals surface area contributed by atoms with E-state index in [1.165, 1.54) is 17.1 Å². The highest BCUT2D eigenvalue weighted by Gasteiger charge is 2.15. The van der Waals surface area contributed by atoms with Gasteiger partial charge in [-0.1, -0.05) is 42.6 Å². The summed E-state index contributed by atoms with van der Waals surface area (Å²) in [6.45, 7) is 6.18. The van der Waals surface area contributed by atoms with Crippen molar-refractivity contribution in [3.63, 3.8) is 0 Å². The summed E-state index contributed by atoms with van der Waals surface area (Å²) in [4.78, 5) is 12.7. The SMILES string of the molecule is Cc1snnc1C(=O)NCC(O)c1ccc(C(C)C)cc1. The molecule has 1 atom stereocenters. The zero-order chi connectivity index (χ0) is 15.4. The number of amides is 1. The van der Waals surface area contributed by atoms with Crippen molar-refractivity contribution in [3.8, 4) is 0 Å². The van der Waals surface area contributed by atoms with Crippen molar-refractivity contribution < 1.29 is 9.90 Å². The van der Waals surface area contributed by atoms with E-state index in [9.17, 15) is 9.90 Å². The van der Waals surface area contributed by atoms with Crippen molar-refractivity contribution >= 4 is 17.4 Å². The lowest BCUT2D eigenvalue weighted by molar-refractivity contribution is 0.0911. The lowest BCUT2D eigenvalue weighted by Gasteiger charge is -2.13. The Morgan fingerprint density at radius 1 is 1.29 bits per heavy atom. The van der Waals surface area contributed by atoms with Gasteiger partial charge in [0, 0.05) is 6.54 Å². The highest BCUT2D eigenvalue weighted by molar-refractivity contribution is 7.05. The Balaban J connectivity index is 1.94.